The van der Waals surface area contributed by atoms with Crippen LogP contribution in [0.1, 0.15) is 46.6 Å². The second-order valence-electron chi connectivity index (χ2n) is 9.18. The number of ether oxygens (including phenoxy) is 1. The molecule has 0 spiro atoms. The lowest BCUT2D eigenvalue weighted by Gasteiger charge is -2.18. The van der Waals surface area contributed by atoms with Crippen molar-refractivity contribution in [2.45, 2.75) is 44.9 Å². The third-order valence-electron chi connectivity index (χ3n) is 6.41. The molecule has 0 bridgehead atoms. The van der Waals surface area contributed by atoms with Crippen LogP contribution in [-0.2, 0) is 27.6 Å². The molecule has 192 valence electrons. The number of para-hydroxylation sites is 2. The van der Waals surface area contributed by atoms with E-state index in [-0.39, 0.29) is 23.1 Å². The fourth-order valence-corrected chi connectivity index (χ4v) is 7.22. The number of hydrogen-bond donors (Lipinski definition) is 2. The third kappa shape index (κ3) is 5.03. The maximum Gasteiger partial charge on any atom is 0.341 e. The molecular weight excluding hydrogens is 508 g/mol. The summed E-state index contributed by atoms with van der Waals surface area (Å²) in [6, 6.07) is 14.0. The molecule has 2 aromatic heterocycles. The largest absolute Gasteiger partial charge is 0.462 e. The molecule has 0 aliphatic heterocycles. The van der Waals surface area contributed by atoms with Gasteiger partial charge in [-0.2, -0.15) is 0 Å². The van der Waals surface area contributed by atoms with Crippen molar-refractivity contribution < 1.29 is 17.9 Å². The molecule has 8 nitrogen and oxygen atoms in total. The number of fused-ring (bicyclic) bond motifs is 2. The number of aromatic nitrogens is 2. The Labute approximate surface area is 220 Å². The van der Waals surface area contributed by atoms with Gasteiger partial charge < -0.3 is 10.1 Å². The number of esters is 1. The predicted molar refractivity (Wildman–Crippen MR) is 146 cm³/mol. The van der Waals surface area contributed by atoms with Gasteiger partial charge in [-0.15, -0.1) is 11.3 Å². The number of carbonyl (C=O) groups excluding carboxylic acids is 1. The topological polar surface area (TPSA) is 110 Å². The molecule has 2 heterocycles. The minimum absolute atomic E-state index is 0.0523. The van der Waals surface area contributed by atoms with Crippen LogP contribution >= 0.6 is 11.3 Å². The number of carbonyl (C=O) groups is 1. The highest BCUT2D eigenvalue weighted by Crippen LogP contribution is 2.42. The number of nitrogens with one attached hydrogen (secondary N) is 2. The number of anilines is 3. The normalized spacial score (nSPS) is 15.3. The van der Waals surface area contributed by atoms with E-state index < -0.39 is 16.0 Å². The van der Waals surface area contributed by atoms with Crippen LogP contribution in [0.5, 0.6) is 0 Å². The molecule has 2 N–H and O–H groups in total. The van der Waals surface area contributed by atoms with Crippen LogP contribution in [0.25, 0.3) is 11.0 Å². The standard InChI is InChI=1S/C27H28N4O4S2/c1-4-35-27(32)23-18-14-13-16(2)15-21(18)36-26(23)30-24-25(29-20-11-7-6-10-19(20)28-24)31-37(33,34)22-12-8-5-9-17(22)3/h5-12,16H,4,13-15H2,1-3H3,(H,28,30)(H,29,31)/t16-/m1/s1. The molecule has 0 saturated heterocycles. The highest BCUT2D eigenvalue weighted by Gasteiger charge is 2.30. The lowest BCUT2D eigenvalue weighted by atomic mass is 9.88. The second kappa shape index (κ2) is 10.1. The maximum absolute atomic E-state index is 13.3. The number of rotatable bonds is 7. The van der Waals surface area contributed by atoms with Gasteiger partial charge in [-0.25, -0.2) is 23.2 Å². The SMILES string of the molecule is CCOC(=O)c1c(Nc2nc3ccccc3nc2NS(=O)(=O)c2ccccc2C)sc2c1CC[C@@H](C)C2. The number of nitrogens with zero attached hydrogens (tertiary/aromatic N) is 2. The third-order valence-corrected chi connectivity index (χ3v) is 9.08. The lowest BCUT2D eigenvalue weighted by Crippen LogP contribution is -2.17. The van der Waals surface area contributed by atoms with E-state index in [2.05, 4.69) is 21.9 Å². The maximum atomic E-state index is 13.3. The molecule has 0 fully saturated rings. The zero-order chi connectivity index (χ0) is 26.2. The number of benzene rings is 2. The van der Waals surface area contributed by atoms with E-state index >= 15 is 0 Å². The van der Waals surface area contributed by atoms with E-state index in [1.807, 2.05) is 12.1 Å². The Morgan fingerprint density at radius 2 is 1.76 bits per heavy atom. The van der Waals surface area contributed by atoms with Crippen molar-refractivity contribution in [3.8, 4) is 0 Å². The Balaban J connectivity index is 1.62. The van der Waals surface area contributed by atoms with Crippen LogP contribution < -0.4 is 10.0 Å². The van der Waals surface area contributed by atoms with Crippen molar-refractivity contribution in [3.63, 3.8) is 0 Å². The van der Waals surface area contributed by atoms with Crippen molar-refractivity contribution in [1.82, 2.24) is 9.97 Å². The summed E-state index contributed by atoms with van der Waals surface area (Å²) in [4.78, 5) is 23.6. The number of hydrogen-bond acceptors (Lipinski definition) is 8. The molecule has 1 aliphatic carbocycles. The summed E-state index contributed by atoms with van der Waals surface area (Å²) < 4.78 is 34.7. The summed E-state index contributed by atoms with van der Waals surface area (Å²) >= 11 is 1.49. The van der Waals surface area contributed by atoms with Crippen LogP contribution in [-0.4, -0.2) is 31.0 Å². The van der Waals surface area contributed by atoms with E-state index in [1.54, 1.807) is 50.2 Å². The fraction of sp³-hybridized carbons (Fsp3) is 0.296. The van der Waals surface area contributed by atoms with Crippen LogP contribution in [0.3, 0.4) is 0 Å². The molecule has 4 aromatic rings. The van der Waals surface area contributed by atoms with Gasteiger partial charge in [0.05, 0.1) is 28.1 Å². The van der Waals surface area contributed by atoms with Gasteiger partial charge in [0.2, 0.25) is 0 Å². The Kier molecular flexibility index (Phi) is 6.87. The van der Waals surface area contributed by atoms with Gasteiger partial charge in [-0.1, -0.05) is 37.3 Å². The monoisotopic (exact) mass is 536 g/mol. The minimum atomic E-state index is -3.95. The van der Waals surface area contributed by atoms with E-state index in [9.17, 15) is 13.2 Å². The summed E-state index contributed by atoms with van der Waals surface area (Å²) in [7, 11) is -3.95. The number of sulfonamides is 1. The number of aryl methyl sites for hydroxylation is 1. The summed E-state index contributed by atoms with van der Waals surface area (Å²) in [5, 5.41) is 3.83. The van der Waals surface area contributed by atoms with Gasteiger partial charge in [-0.05, 0) is 68.4 Å². The van der Waals surface area contributed by atoms with Crippen molar-refractivity contribution in [3.05, 3.63) is 70.1 Å². The molecule has 0 amide bonds. The number of thiophene rings is 1. The average molecular weight is 537 g/mol. The molecule has 5 rings (SSSR count). The summed E-state index contributed by atoms with van der Waals surface area (Å²) in [5.41, 5.74) is 3.25. The van der Waals surface area contributed by atoms with Gasteiger partial charge in [-0.3, -0.25) is 4.72 Å². The van der Waals surface area contributed by atoms with E-state index in [0.717, 1.165) is 29.7 Å². The zero-order valence-electron chi connectivity index (χ0n) is 20.9. The molecule has 1 atom stereocenters. The fourth-order valence-electron chi connectivity index (χ4n) is 4.56. The van der Waals surface area contributed by atoms with E-state index in [0.29, 0.717) is 33.1 Å². The first-order chi connectivity index (χ1) is 17.8. The first-order valence-electron chi connectivity index (χ1n) is 12.2. The second-order valence-corrected chi connectivity index (χ2v) is 11.9. The molecule has 2 aromatic carbocycles. The lowest BCUT2D eigenvalue weighted by molar-refractivity contribution is 0.0526. The summed E-state index contributed by atoms with van der Waals surface area (Å²) in [6.07, 6.45) is 2.66. The quantitative estimate of drug-likeness (QED) is 0.285. The molecule has 1 aliphatic rings. The predicted octanol–water partition coefficient (Wildman–Crippen LogP) is 5.85. The highest BCUT2D eigenvalue weighted by molar-refractivity contribution is 7.92. The smallest absolute Gasteiger partial charge is 0.341 e. The van der Waals surface area contributed by atoms with Crippen LogP contribution in [0.4, 0.5) is 16.6 Å². The summed E-state index contributed by atoms with van der Waals surface area (Å²) in [5.74, 6) is 0.392. The van der Waals surface area contributed by atoms with Gasteiger partial charge >= 0.3 is 5.97 Å². The van der Waals surface area contributed by atoms with Crippen molar-refractivity contribution >= 4 is 55.0 Å². The molecule has 10 heteroatoms. The van der Waals surface area contributed by atoms with E-state index in [1.165, 1.54) is 11.3 Å². The Morgan fingerprint density at radius 3 is 2.46 bits per heavy atom. The van der Waals surface area contributed by atoms with Crippen LogP contribution in [0.2, 0.25) is 0 Å². The molecule has 0 saturated carbocycles. The van der Waals surface area contributed by atoms with Crippen molar-refractivity contribution in [1.29, 1.82) is 0 Å². The van der Waals surface area contributed by atoms with Gasteiger partial charge in [0.15, 0.2) is 11.6 Å². The Bertz CT molecular complexity index is 1600. The van der Waals surface area contributed by atoms with Gasteiger partial charge in [0.1, 0.15) is 5.00 Å². The first-order valence-corrected chi connectivity index (χ1v) is 14.5. The summed E-state index contributed by atoms with van der Waals surface area (Å²) in [6.45, 7) is 5.98. The van der Waals surface area contributed by atoms with E-state index in [4.69, 9.17) is 9.72 Å². The highest BCUT2D eigenvalue weighted by atomic mass is 32.2. The van der Waals surface area contributed by atoms with Crippen molar-refractivity contribution in [2.75, 3.05) is 16.6 Å². The minimum Gasteiger partial charge on any atom is -0.462 e. The van der Waals surface area contributed by atoms with Crippen LogP contribution in [0, 0.1) is 12.8 Å². The Hall–Kier alpha value is -3.50. The van der Waals surface area contributed by atoms with Crippen LogP contribution in [0.15, 0.2) is 53.4 Å². The average Bonchev–Trinajstić information content (AvgIpc) is 3.21. The first kappa shape index (κ1) is 25.2. The molecule has 0 unspecified atom stereocenters. The molecule has 0 radical (unpaired) electrons. The molecular formula is C27H28N4O4S2. The van der Waals surface area contributed by atoms with Gasteiger partial charge in [0, 0.05) is 4.88 Å². The Morgan fingerprint density at radius 1 is 1.08 bits per heavy atom. The molecule has 37 heavy (non-hydrogen) atoms. The zero-order valence-corrected chi connectivity index (χ0v) is 22.5. The van der Waals surface area contributed by atoms with Gasteiger partial charge in [0.25, 0.3) is 10.0 Å². The van der Waals surface area contributed by atoms with Crippen molar-refractivity contribution in [2.24, 2.45) is 5.92 Å².